The van der Waals surface area contributed by atoms with Crippen LogP contribution in [0.25, 0.3) is 0 Å². The summed E-state index contributed by atoms with van der Waals surface area (Å²) in [5, 5.41) is 0. The van der Waals surface area contributed by atoms with E-state index in [1.807, 2.05) is 0 Å². The summed E-state index contributed by atoms with van der Waals surface area (Å²) in [6.45, 7) is -0.0498. The van der Waals surface area contributed by atoms with E-state index in [0.717, 1.165) is 6.07 Å². The zero-order chi connectivity index (χ0) is 10.6. The van der Waals surface area contributed by atoms with E-state index in [-0.39, 0.29) is 23.7 Å². The summed E-state index contributed by atoms with van der Waals surface area (Å²) >= 11 is 0. The summed E-state index contributed by atoms with van der Waals surface area (Å²) in [4.78, 5) is 11.3. The molecule has 1 rings (SSSR count). The number of ketones is 1. The van der Waals surface area contributed by atoms with Gasteiger partial charge in [-0.15, -0.1) is 0 Å². The van der Waals surface area contributed by atoms with Crippen molar-refractivity contribution in [3.8, 4) is 5.75 Å². The molecule has 0 saturated carbocycles. The van der Waals surface area contributed by atoms with E-state index in [4.69, 9.17) is 4.74 Å². The number of carbonyl (C=O) groups excluding carboxylic acids is 1. The number of hydrogen-bond donors (Lipinski definition) is 0. The molecule has 0 saturated heterocycles. The number of hydrogen-bond acceptors (Lipinski definition) is 3. The molecule has 4 heteroatoms. The van der Waals surface area contributed by atoms with Crippen molar-refractivity contribution >= 4 is 5.78 Å². The van der Waals surface area contributed by atoms with Gasteiger partial charge in [0.15, 0.2) is 17.3 Å². The Bertz CT molecular complexity index is 336. The number of benzene rings is 1. The first-order valence-corrected chi connectivity index (χ1v) is 4.04. The molecule has 76 valence electrons. The number of ether oxygens (including phenoxy) is 2. The average molecular weight is 198 g/mol. The maximum atomic E-state index is 13.1. The van der Waals surface area contributed by atoms with E-state index in [2.05, 4.69) is 4.74 Å². The lowest BCUT2D eigenvalue weighted by Gasteiger charge is -2.03. The molecule has 0 heterocycles. The number of methoxy groups -OCH3 is 2. The summed E-state index contributed by atoms with van der Waals surface area (Å²) in [6, 6.07) is 4.06. The van der Waals surface area contributed by atoms with E-state index in [1.54, 1.807) is 0 Å². The summed E-state index contributed by atoms with van der Waals surface area (Å²) < 4.78 is 22.5. The third-order valence-electron chi connectivity index (χ3n) is 1.75. The highest BCUT2D eigenvalue weighted by Gasteiger charge is 2.09. The predicted molar refractivity (Wildman–Crippen MR) is 49.2 cm³/mol. The van der Waals surface area contributed by atoms with Gasteiger partial charge >= 0.3 is 0 Å². The summed E-state index contributed by atoms with van der Waals surface area (Å²) in [7, 11) is 2.78. The van der Waals surface area contributed by atoms with Crippen molar-refractivity contribution in [2.45, 2.75) is 0 Å². The second kappa shape index (κ2) is 4.72. The van der Waals surface area contributed by atoms with Crippen molar-refractivity contribution in [1.29, 1.82) is 0 Å². The van der Waals surface area contributed by atoms with Gasteiger partial charge in [0.05, 0.1) is 7.11 Å². The molecule has 0 atom stereocenters. The van der Waals surface area contributed by atoms with Crippen LogP contribution in [0.4, 0.5) is 4.39 Å². The molecular formula is C10H11FO3. The predicted octanol–water partition coefficient (Wildman–Crippen LogP) is 1.66. The van der Waals surface area contributed by atoms with Crippen LogP contribution >= 0.6 is 0 Å². The zero-order valence-electron chi connectivity index (χ0n) is 8.04. The highest BCUT2D eigenvalue weighted by molar-refractivity contribution is 5.97. The first-order valence-electron chi connectivity index (χ1n) is 4.04. The number of carbonyl (C=O) groups is 1. The quantitative estimate of drug-likeness (QED) is 0.690. The van der Waals surface area contributed by atoms with Crippen molar-refractivity contribution in [3.05, 3.63) is 29.6 Å². The second-order valence-corrected chi connectivity index (χ2v) is 2.71. The second-order valence-electron chi connectivity index (χ2n) is 2.71. The molecule has 0 aliphatic carbocycles. The number of Topliss-reactive ketones (excluding diaryl/α,β-unsaturated/α-hetero) is 1. The number of halogens is 1. The zero-order valence-corrected chi connectivity index (χ0v) is 8.04. The van der Waals surface area contributed by atoms with Gasteiger partial charge in [-0.1, -0.05) is 0 Å². The minimum atomic E-state index is -0.547. The van der Waals surface area contributed by atoms with Crippen LogP contribution in [0.2, 0.25) is 0 Å². The van der Waals surface area contributed by atoms with Crippen molar-refractivity contribution < 1.29 is 18.7 Å². The van der Waals surface area contributed by atoms with Crippen molar-refractivity contribution in [2.24, 2.45) is 0 Å². The lowest BCUT2D eigenvalue weighted by Crippen LogP contribution is -2.07. The van der Waals surface area contributed by atoms with Crippen LogP contribution in [-0.2, 0) is 4.74 Å². The average Bonchev–Trinajstić information content (AvgIpc) is 2.18. The normalized spacial score (nSPS) is 9.93. The molecule has 0 bridgehead atoms. The largest absolute Gasteiger partial charge is 0.494 e. The SMILES string of the molecule is COCC(=O)c1ccc(OC)c(F)c1. The van der Waals surface area contributed by atoms with Crippen molar-refractivity contribution in [2.75, 3.05) is 20.8 Å². The minimum absolute atomic E-state index is 0.0498. The highest BCUT2D eigenvalue weighted by Crippen LogP contribution is 2.17. The Morgan fingerprint density at radius 1 is 1.43 bits per heavy atom. The van der Waals surface area contributed by atoms with Gasteiger partial charge in [0, 0.05) is 12.7 Å². The van der Waals surface area contributed by atoms with Crippen LogP contribution in [0.15, 0.2) is 18.2 Å². The standard InChI is InChI=1S/C10H11FO3/c1-13-6-9(12)7-3-4-10(14-2)8(11)5-7/h3-5H,6H2,1-2H3. The molecule has 3 nitrogen and oxygen atoms in total. The lowest BCUT2D eigenvalue weighted by molar-refractivity contribution is 0.0847. The van der Waals surface area contributed by atoms with E-state index < -0.39 is 5.82 Å². The molecule has 0 aliphatic rings. The molecule has 0 aromatic heterocycles. The summed E-state index contributed by atoms with van der Waals surface area (Å²) in [6.07, 6.45) is 0. The van der Waals surface area contributed by atoms with E-state index in [1.165, 1.54) is 26.4 Å². The van der Waals surface area contributed by atoms with Gasteiger partial charge in [0.25, 0.3) is 0 Å². The molecule has 1 aromatic rings. The van der Waals surface area contributed by atoms with Crippen molar-refractivity contribution in [1.82, 2.24) is 0 Å². The van der Waals surface area contributed by atoms with E-state index in [0.29, 0.717) is 0 Å². The van der Waals surface area contributed by atoms with Gasteiger partial charge < -0.3 is 9.47 Å². The van der Waals surface area contributed by atoms with Gasteiger partial charge in [-0.3, -0.25) is 4.79 Å². The van der Waals surface area contributed by atoms with Crippen LogP contribution in [0, 0.1) is 5.82 Å². The number of rotatable bonds is 4. The molecular weight excluding hydrogens is 187 g/mol. The minimum Gasteiger partial charge on any atom is -0.494 e. The maximum Gasteiger partial charge on any atom is 0.188 e. The third-order valence-corrected chi connectivity index (χ3v) is 1.75. The Labute approximate surface area is 81.4 Å². The van der Waals surface area contributed by atoms with Crippen LogP contribution < -0.4 is 4.74 Å². The molecule has 0 spiro atoms. The van der Waals surface area contributed by atoms with Gasteiger partial charge in [-0.2, -0.15) is 0 Å². The smallest absolute Gasteiger partial charge is 0.188 e. The van der Waals surface area contributed by atoms with Crippen LogP contribution in [0.3, 0.4) is 0 Å². The molecule has 14 heavy (non-hydrogen) atoms. The first kappa shape index (κ1) is 10.7. The Morgan fingerprint density at radius 2 is 2.14 bits per heavy atom. The molecule has 0 unspecified atom stereocenters. The molecule has 0 radical (unpaired) electrons. The van der Waals surface area contributed by atoms with Gasteiger partial charge in [0.1, 0.15) is 6.61 Å². The first-order chi connectivity index (χ1) is 6.69. The topological polar surface area (TPSA) is 35.5 Å². The fraction of sp³-hybridized carbons (Fsp3) is 0.300. The van der Waals surface area contributed by atoms with Gasteiger partial charge in [-0.25, -0.2) is 4.39 Å². The maximum absolute atomic E-state index is 13.1. The Balaban J connectivity index is 2.91. The monoisotopic (exact) mass is 198 g/mol. The molecule has 0 N–H and O–H groups in total. The summed E-state index contributed by atoms with van der Waals surface area (Å²) in [5.41, 5.74) is 0.283. The fourth-order valence-corrected chi connectivity index (χ4v) is 1.05. The van der Waals surface area contributed by atoms with Crippen LogP contribution in [-0.4, -0.2) is 26.6 Å². The fourth-order valence-electron chi connectivity index (χ4n) is 1.05. The summed E-state index contributed by atoms with van der Waals surface area (Å²) in [5.74, 6) is -0.678. The van der Waals surface area contributed by atoms with Gasteiger partial charge in [0.2, 0.25) is 0 Å². The van der Waals surface area contributed by atoms with Gasteiger partial charge in [-0.05, 0) is 18.2 Å². The molecule has 0 aliphatic heterocycles. The van der Waals surface area contributed by atoms with Crippen LogP contribution in [0.1, 0.15) is 10.4 Å². The van der Waals surface area contributed by atoms with Crippen LogP contribution in [0.5, 0.6) is 5.75 Å². The Morgan fingerprint density at radius 3 is 2.64 bits per heavy atom. The lowest BCUT2D eigenvalue weighted by atomic mass is 10.1. The van der Waals surface area contributed by atoms with Crippen molar-refractivity contribution in [3.63, 3.8) is 0 Å². The molecule has 1 aromatic carbocycles. The van der Waals surface area contributed by atoms with E-state index in [9.17, 15) is 9.18 Å². The molecule has 0 fully saturated rings. The Hall–Kier alpha value is -1.42. The third kappa shape index (κ3) is 2.29. The highest BCUT2D eigenvalue weighted by atomic mass is 19.1. The van der Waals surface area contributed by atoms with E-state index >= 15 is 0 Å². The Kier molecular flexibility index (Phi) is 3.59. The molecule has 0 amide bonds.